The van der Waals surface area contributed by atoms with Crippen molar-refractivity contribution in [1.29, 1.82) is 0 Å². The average Bonchev–Trinajstić information content (AvgIpc) is 3.15. The lowest BCUT2D eigenvalue weighted by Crippen LogP contribution is -2.39. The molecule has 2 N–H and O–H groups in total. The number of nitrogens with zero attached hydrogens (tertiary/aromatic N) is 1. The largest absolute Gasteiger partial charge is 0.379 e. The van der Waals surface area contributed by atoms with Crippen molar-refractivity contribution >= 4 is 16.8 Å². The van der Waals surface area contributed by atoms with Crippen LogP contribution in [0.15, 0.2) is 40.2 Å². The zero-order valence-electron chi connectivity index (χ0n) is 14.9. The van der Waals surface area contributed by atoms with Gasteiger partial charge >= 0.3 is 0 Å². The highest BCUT2D eigenvalue weighted by Crippen LogP contribution is 2.08. The van der Waals surface area contributed by atoms with Crippen molar-refractivity contribution in [1.82, 2.24) is 10.6 Å². The summed E-state index contributed by atoms with van der Waals surface area (Å²) >= 11 is 0. The average molecular weight is 368 g/mol. The van der Waals surface area contributed by atoms with Gasteiger partial charge in [0.25, 0.3) is 0 Å². The lowest BCUT2D eigenvalue weighted by atomic mass is 10.3. The molecule has 0 saturated carbocycles. The molecule has 0 spiro atoms. The summed E-state index contributed by atoms with van der Waals surface area (Å²) in [7, 11) is -0.991. The van der Waals surface area contributed by atoms with Crippen LogP contribution < -0.4 is 10.6 Å². The summed E-state index contributed by atoms with van der Waals surface area (Å²) in [5.74, 6) is 1.32. The first-order chi connectivity index (χ1) is 12.3. The van der Waals surface area contributed by atoms with Crippen molar-refractivity contribution in [3.8, 4) is 0 Å². The van der Waals surface area contributed by atoms with Crippen LogP contribution in [0.25, 0.3) is 0 Å². The molecule has 1 aliphatic heterocycles. The first-order valence-electron chi connectivity index (χ1n) is 8.94. The van der Waals surface area contributed by atoms with Crippen LogP contribution in [0.1, 0.15) is 19.8 Å². The predicted molar refractivity (Wildman–Crippen MR) is 101 cm³/mol. The van der Waals surface area contributed by atoms with Gasteiger partial charge in [0.2, 0.25) is 0 Å². The Labute approximate surface area is 152 Å². The minimum Gasteiger partial charge on any atom is -0.379 e. The number of nitrogens with one attached hydrogen (secondary N) is 2. The number of aliphatic imine (C=N–C) groups is 1. The molecule has 6 nitrogen and oxygen atoms in total. The van der Waals surface area contributed by atoms with E-state index in [9.17, 15) is 4.21 Å². The first kappa shape index (κ1) is 19.9. The van der Waals surface area contributed by atoms with Crippen LogP contribution >= 0.6 is 0 Å². The van der Waals surface area contributed by atoms with E-state index in [1.807, 2.05) is 37.3 Å². The summed E-state index contributed by atoms with van der Waals surface area (Å²) in [4.78, 5) is 5.39. The third kappa shape index (κ3) is 7.98. The topological polar surface area (TPSA) is 72.0 Å². The van der Waals surface area contributed by atoms with Gasteiger partial charge in [-0.15, -0.1) is 0 Å². The van der Waals surface area contributed by atoms with Crippen molar-refractivity contribution in [3.05, 3.63) is 30.3 Å². The molecule has 0 aliphatic carbocycles. The van der Waals surface area contributed by atoms with E-state index >= 15 is 0 Å². The lowest BCUT2D eigenvalue weighted by Gasteiger charge is -2.12. The predicted octanol–water partition coefficient (Wildman–Crippen LogP) is 1.54. The normalized spacial score (nSPS) is 18.9. The highest BCUT2D eigenvalue weighted by atomic mass is 32.2. The van der Waals surface area contributed by atoms with Crippen molar-refractivity contribution in [2.75, 3.05) is 45.2 Å². The molecule has 2 atom stereocenters. The number of guanidine groups is 1. The minimum atomic E-state index is -0.991. The Hall–Kier alpha value is -1.44. The van der Waals surface area contributed by atoms with Gasteiger partial charge in [-0.3, -0.25) is 9.20 Å². The second-order valence-corrected chi connectivity index (χ2v) is 7.33. The zero-order chi connectivity index (χ0) is 17.7. The van der Waals surface area contributed by atoms with E-state index in [0.717, 1.165) is 36.8 Å². The van der Waals surface area contributed by atoms with E-state index < -0.39 is 10.8 Å². The molecule has 0 radical (unpaired) electrons. The molecule has 0 amide bonds. The van der Waals surface area contributed by atoms with Gasteiger partial charge in [-0.2, -0.15) is 0 Å². The van der Waals surface area contributed by atoms with Crippen LogP contribution in [-0.2, 0) is 20.3 Å². The summed E-state index contributed by atoms with van der Waals surface area (Å²) in [6, 6.07) is 9.53. The molecular formula is C18H29N3O3S. The van der Waals surface area contributed by atoms with Crippen LogP contribution in [0.3, 0.4) is 0 Å². The van der Waals surface area contributed by atoms with Gasteiger partial charge in [0.05, 0.1) is 23.5 Å². The van der Waals surface area contributed by atoms with Crippen LogP contribution in [0.4, 0.5) is 0 Å². The third-order valence-corrected chi connectivity index (χ3v) is 5.12. The zero-order valence-corrected chi connectivity index (χ0v) is 15.7. The fraction of sp³-hybridized carbons (Fsp3) is 0.611. The minimum absolute atomic E-state index is 0.253. The molecule has 1 aliphatic rings. The van der Waals surface area contributed by atoms with Crippen molar-refractivity contribution in [2.45, 2.75) is 30.8 Å². The highest BCUT2D eigenvalue weighted by molar-refractivity contribution is 7.85. The fourth-order valence-electron chi connectivity index (χ4n) is 2.44. The van der Waals surface area contributed by atoms with E-state index in [4.69, 9.17) is 9.47 Å². The Morgan fingerprint density at radius 2 is 2.20 bits per heavy atom. The summed E-state index contributed by atoms with van der Waals surface area (Å²) in [5, 5.41) is 6.45. The molecule has 1 aromatic rings. The van der Waals surface area contributed by atoms with E-state index in [1.165, 1.54) is 0 Å². The highest BCUT2D eigenvalue weighted by Gasteiger charge is 2.15. The van der Waals surface area contributed by atoms with Crippen LogP contribution in [-0.4, -0.2) is 61.5 Å². The quantitative estimate of drug-likeness (QED) is 0.373. The van der Waals surface area contributed by atoms with Gasteiger partial charge in [0.15, 0.2) is 5.96 Å². The SMILES string of the molecule is CCNC(=NCCCOC1CCOC1)NCCS(=O)c1ccccc1. The van der Waals surface area contributed by atoms with E-state index in [1.54, 1.807) is 0 Å². The van der Waals surface area contributed by atoms with Crippen molar-refractivity contribution in [2.24, 2.45) is 4.99 Å². The van der Waals surface area contributed by atoms with E-state index in [-0.39, 0.29) is 6.10 Å². The Bertz CT molecular complexity index is 534. The molecule has 0 aromatic heterocycles. The first-order valence-corrected chi connectivity index (χ1v) is 10.3. The van der Waals surface area contributed by atoms with E-state index in [2.05, 4.69) is 15.6 Å². The van der Waals surface area contributed by atoms with Gasteiger partial charge in [-0.25, -0.2) is 0 Å². The molecule has 1 fully saturated rings. The van der Waals surface area contributed by atoms with Gasteiger partial charge in [-0.1, -0.05) is 18.2 Å². The van der Waals surface area contributed by atoms with Crippen molar-refractivity contribution in [3.63, 3.8) is 0 Å². The van der Waals surface area contributed by atoms with E-state index in [0.29, 0.717) is 32.1 Å². The van der Waals surface area contributed by atoms with Gasteiger partial charge in [-0.05, 0) is 31.9 Å². The van der Waals surface area contributed by atoms with Crippen LogP contribution in [0.5, 0.6) is 0 Å². The molecule has 1 heterocycles. The molecule has 2 rings (SSSR count). The molecule has 0 bridgehead atoms. The Morgan fingerprint density at radius 1 is 1.36 bits per heavy atom. The maximum atomic E-state index is 12.2. The van der Waals surface area contributed by atoms with Crippen LogP contribution in [0, 0.1) is 0 Å². The van der Waals surface area contributed by atoms with Crippen molar-refractivity contribution < 1.29 is 13.7 Å². The lowest BCUT2D eigenvalue weighted by molar-refractivity contribution is 0.0424. The van der Waals surface area contributed by atoms with Gasteiger partial charge in [0, 0.05) is 43.5 Å². The smallest absolute Gasteiger partial charge is 0.191 e. The number of hydrogen-bond donors (Lipinski definition) is 2. The monoisotopic (exact) mass is 367 g/mol. The molecule has 25 heavy (non-hydrogen) atoms. The summed E-state index contributed by atoms with van der Waals surface area (Å²) in [6.45, 7) is 6.36. The number of benzene rings is 1. The Kier molecular flexibility index (Phi) is 9.54. The Morgan fingerprint density at radius 3 is 2.92 bits per heavy atom. The molecular weight excluding hydrogens is 338 g/mol. The molecule has 7 heteroatoms. The maximum Gasteiger partial charge on any atom is 0.191 e. The fourth-order valence-corrected chi connectivity index (χ4v) is 3.43. The van der Waals surface area contributed by atoms with Gasteiger partial charge < -0.3 is 20.1 Å². The number of hydrogen-bond acceptors (Lipinski definition) is 4. The Balaban J connectivity index is 1.63. The molecule has 2 unspecified atom stereocenters. The molecule has 1 aromatic carbocycles. The standard InChI is InChI=1S/C18H29N3O3S/c1-2-19-18(20-10-6-12-24-16-9-13-23-15-16)21-11-14-25(22)17-7-4-3-5-8-17/h3-5,7-8,16H,2,6,9-15H2,1H3,(H2,19,20,21). The third-order valence-electron chi connectivity index (χ3n) is 3.74. The van der Waals surface area contributed by atoms with Gasteiger partial charge in [0.1, 0.15) is 0 Å². The van der Waals surface area contributed by atoms with Crippen LogP contribution in [0.2, 0.25) is 0 Å². The number of rotatable bonds is 10. The number of ether oxygens (including phenoxy) is 2. The molecule has 1 saturated heterocycles. The summed E-state index contributed by atoms with van der Waals surface area (Å²) < 4.78 is 23.2. The maximum absolute atomic E-state index is 12.2. The summed E-state index contributed by atoms with van der Waals surface area (Å²) in [6.07, 6.45) is 2.12. The molecule has 140 valence electrons. The summed E-state index contributed by atoms with van der Waals surface area (Å²) in [5.41, 5.74) is 0. The second kappa shape index (κ2) is 12.0. The second-order valence-electron chi connectivity index (χ2n) is 5.76.